The summed E-state index contributed by atoms with van der Waals surface area (Å²) in [5.74, 6) is -0.533. The van der Waals surface area contributed by atoms with E-state index in [1.165, 1.54) is 18.5 Å². The van der Waals surface area contributed by atoms with Crippen molar-refractivity contribution >= 4 is 23.4 Å². The molecule has 3 heterocycles. The van der Waals surface area contributed by atoms with Crippen molar-refractivity contribution in [2.45, 2.75) is 25.8 Å². The van der Waals surface area contributed by atoms with Crippen LogP contribution in [0.5, 0.6) is 11.5 Å². The molecule has 0 bridgehead atoms. The van der Waals surface area contributed by atoms with E-state index in [4.69, 9.17) is 15.2 Å². The highest BCUT2D eigenvalue weighted by Gasteiger charge is 2.35. The van der Waals surface area contributed by atoms with Gasteiger partial charge in [0.15, 0.2) is 11.5 Å². The number of ether oxygens (including phenoxy) is 2. The summed E-state index contributed by atoms with van der Waals surface area (Å²) < 4.78 is 10.8. The molecular formula is C21H22N4O5. The Kier molecular flexibility index (Phi) is 5.26. The quantitative estimate of drug-likeness (QED) is 0.744. The summed E-state index contributed by atoms with van der Waals surface area (Å²) in [6, 6.07) is 6.71. The SMILES string of the molecule is C[C@H]1CC[C@H](c2ccc3c(c2)OCO3)N(C(=O)C(=O)Nc2cncc(C(N)=O)c2)C1. The van der Waals surface area contributed by atoms with E-state index in [9.17, 15) is 14.4 Å². The van der Waals surface area contributed by atoms with Crippen molar-refractivity contribution in [1.82, 2.24) is 9.88 Å². The van der Waals surface area contributed by atoms with Crippen molar-refractivity contribution in [3.63, 3.8) is 0 Å². The zero-order valence-electron chi connectivity index (χ0n) is 16.5. The number of benzene rings is 1. The third-order valence-corrected chi connectivity index (χ3v) is 5.33. The van der Waals surface area contributed by atoms with E-state index in [-0.39, 0.29) is 30.0 Å². The number of pyridine rings is 1. The van der Waals surface area contributed by atoms with Crippen LogP contribution in [0.3, 0.4) is 0 Å². The summed E-state index contributed by atoms with van der Waals surface area (Å²) in [5, 5.41) is 2.52. The molecule has 2 atom stereocenters. The molecule has 0 aliphatic carbocycles. The molecule has 30 heavy (non-hydrogen) atoms. The molecule has 1 aromatic heterocycles. The van der Waals surface area contributed by atoms with Crippen molar-refractivity contribution < 1.29 is 23.9 Å². The monoisotopic (exact) mass is 410 g/mol. The number of nitrogens with two attached hydrogens (primary N) is 1. The lowest BCUT2D eigenvalue weighted by Gasteiger charge is -2.38. The number of anilines is 1. The third-order valence-electron chi connectivity index (χ3n) is 5.33. The van der Waals surface area contributed by atoms with Crippen LogP contribution in [0.25, 0.3) is 0 Å². The smallest absolute Gasteiger partial charge is 0.313 e. The molecule has 1 saturated heterocycles. The standard InChI is InChI=1S/C21H22N4O5/c1-12-2-4-16(13-3-5-17-18(7-13)30-11-29-17)25(10-12)21(28)20(27)24-15-6-14(19(22)26)8-23-9-15/h3,5-9,12,16H,2,4,10-11H2,1H3,(H2,22,26)(H,24,27)/t12-,16+/m0/s1. The third kappa shape index (κ3) is 3.91. The van der Waals surface area contributed by atoms with Crippen molar-refractivity contribution in [2.24, 2.45) is 11.7 Å². The Hall–Kier alpha value is -3.62. The molecule has 2 aromatic rings. The summed E-state index contributed by atoms with van der Waals surface area (Å²) >= 11 is 0. The number of aromatic nitrogens is 1. The van der Waals surface area contributed by atoms with Gasteiger partial charge in [-0.3, -0.25) is 19.4 Å². The number of amides is 3. The molecule has 0 unspecified atom stereocenters. The van der Waals surface area contributed by atoms with Crippen molar-refractivity contribution in [2.75, 3.05) is 18.7 Å². The minimum Gasteiger partial charge on any atom is -0.454 e. The number of fused-ring (bicyclic) bond motifs is 1. The predicted octanol–water partition coefficient (Wildman–Crippen LogP) is 1.85. The maximum atomic E-state index is 13.0. The number of hydrogen-bond donors (Lipinski definition) is 2. The van der Waals surface area contributed by atoms with Gasteiger partial charge in [0, 0.05) is 12.7 Å². The van der Waals surface area contributed by atoms with Crippen molar-refractivity contribution in [3.8, 4) is 11.5 Å². The molecule has 156 valence electrons. The second-order valence-electron chi connectivity index (χ2n) is 7.55. The maximum Gasteiger partial charge on any atom is 0.313 e. The molecule has 3 amide bonds. The average Bonchev–Trinajstić information content (AvgIpc) is 3.21. The van der Waals surface area contributed by atoms with E-state index in [2.05, 4.69) is 10.3 Å². The maximum absolute atomic E-state index is 13.0. The lowest BCUT2D eigenvalue weighted by Crippen LogP contribution is -2.46. The van der Waals surface area contributed by atoms with Gasteiger partial charge in [-0.2, -0.15) is 0 Å². The Balaban J connectivity index is 1.54. The van der Waals surface area contributed by atoms with E-state index in [0.717, 1.165) is 18.4 Å². The first kappa shape index (κ1) is 19.7. The summed E-state index contributed by atoms with van der Waals surface area (Å²) in [7, 11) is 0. The molecule has 3 N–H and O–H groups in total. The predicted molar refractivity (Wildman–Crippen MR) is 107 cm³/mol. The Bertz CT molecular complexity index is 1010. The zero-order valence-corrected chi connectivity index (χ0v) is 16.5. The first-order chi connectivity index (χ1) is 14.4. The molecule has 4 rings (SSSR count). The second-order valence-corrected chi connectivity index (χ2v) is 7.55. The average molecular weight is 410 g/mol. The first-order valence-electron chi connectivity index (χ1n) is 9.68. The van der Waals surface area contributed by atoms with Gasteiger partial charge < -0.3 is 25.4 Å². The molecule has 9 heteroatoms. The largest absolute Gasteiger partial charge is 0.454 e. The topological polar surface area (TPSA) is 124 Å². The van der Waals surface area contributed by atoms with Crippen LogP contribution in [0, 0.1) is 5.92 Å². The molecule has 1 aromatic carbocycles. The van der Waals surface area contributed by atoms with Crippen molar-refractivity contribution in [1.29, 1.82) is 0 Å². The Morgan fingerprint density at radius 1 is 1.13 bits per heavy atom. The van der Waals surface area contributed by atoms with Gasteiger partial charge in [0.05, 0.1) is 23.5 Å². The molecule has 2 aliphatic heterocycles. The fraction of sp³-hybridized carbons (Fsp3) is 0.333. The molecule has 2 aliphatic rings. The van der Waals surface area contributed by atoms with Crippen LogP contribution in [0.1, 0.15) is 41.7 Å². The van der Waals surface area contributed by atoms with Crippen molar-refractivity contribution in [3.05, 3.63) is 47.8 Å². The van der Waals surface area contributed by atoms with Crippen LogP contribution >= 0.6 is 0 Å². The fourth-order valence-electron chi connectivity index (χ4n) is 3.80. The molecule has 0 saturated carbocycles. The number of nitrogens with zero attached hydrogens (tertiary/aromatic N) is 2. The van der Waals surface area contributed by atoms with Gasteiger partial charge in [-0.05, 0) is 42.5 Å². The number of likely N-dealkylation sites (tertiary alicyclic amines) is 1. The molecule has 0 spiro atoms. The minimum atomic E-state index is -0.793. The van der Waals surface area contributed by atoms with Gasteiger partial charge in [-0.1, -0.05) is 13.0 Å². The normalized spacial score (nSPS) is 20.0. The van der Waals surface area contributed by atoms with E-state index in [0.29, 0.717) is 18.0 Å². The number of rotatable bonds is 3. The Labute approximate surface area is 173 Å². The highest BCUT2D eigenvalue weighted by Crippen LogP contribution is 2.39. The van der Waals surface area contributed by atoms with Crippen LogP contribution in [-0.2, 0) is 9.59 Å². The molecule has 1 fully saturated rings. The van der Waals surface area contributed by atoms with Crippen LogP contribution in [0.15, 0.2) is 36.7 Å². The number of hydrogen-bond acceptors (Lipinski definition) is 6. The van der Waals surface area contributed by atoms with Crippen LogP contribution in [-0.4, -0.2) is 40.9 Å². The van der Waals surface area contributed by atoms with E-state index in [1.54, 1.807) is 4.90 Å². The van der Waals surface area contributed by atoms with Gasteiger partial charge in [0.25, 0.3) is 0 Å². The second kappa shape index (κ2) is 8.02. The number of primary amides is 1. The lowest BCUT2D eigenvalue weighted by molar-refractivity contribution is -0.146. The summed E-state index contributed by atoms with van der Waals surface area (Å²) in [4.78, 5) is 42.5. The van der Waals surface area contributed by atoms with Gasteiger partial charge in [-0.25, -0.2) is 0 Å². The van der Waals surface area contributed by atoms with Gasteiger partial charge in [0.2, 0.25) is 12.7 Å². The highest BCUT2D eigenvalue weighted by atomic mass is 16.7. The first-order valence-corrected chi connectivity index (χ1v) is 9.68. The van der Waals surface area contributed by atoms with E-state index < -0.39 is 17.7 Å². The van der Waals surface area contributed by atoms with Crippen LogP contribution < -0.4 is 20.5 Å². The van der Waals surface area contributed by atoms with E-state index >= 15 is 0 Å². The van der Waals surface area contributed by atoms with Crippen LogP contribution in [0.2, 0.25) is 0 Å². The highest BCUT2D eigenvalue weighted by molar-refractivity contribution is 6.39. The number of carbonyl (C=O) groups excluding carboxylic acids is 3. The Morgan fingerprint density at radius 3 is 2.73 bits per heavy atom. The van der Waals surface area contributed by atoms with Crippen LogP contribution in [0.4, 0.5) is 5.69 Å². The summed E-state index contributed by atoms with van der Waals surface area (Å²) in [6.45, 7) is 2.68. The lowest BCUT2D eigenvalue weighted by atomic mass is 9.89. The zero-order chi connectivity index (χ0) is 21.3. The number of nitrogens with one attached hydrogen (secondary N) is 1. The molecular weight excluding hydrogens is 388 g/mol. The van der Waals surface area contributed by atoms with Gasteiger partial charge in [0.1, 0.15) is 0 Å². The molecule has 9 nitrogen and oxygen atoms in total. The number of carbonyl (C=O) groups is 3. The van der Waals surface area contributed by atoms with E-state index in [1.807, 2.05) is 25.1 Å². The fourth-order valence-corrected chi connectivity index (χ4v) is 3.80. The molecule has 0 radical (unpaired) electrons. The summed E-state index contributed by atoms with van der Waals surface area (Å²) in [6.07, 6.45) is 4.32. The van der Waals surface area contributed by atoms with Gasteiger partial charge >= 0.3 is 11.8 Å². The van der Waals surface area contributed by atoms with Gasteiger partial charge in [-0.15, -0.1) is 0 Å². The minimum absolute atomic E-state index is 0.144. The Morgan fingerprint density at radius 2 is 1.93 bits per heavy atom. The number of piperidine rings is 1. The summed E-state index contributed by atoms with van der Waals surface area (Å²) in [5.41, 5.74) is 6.51.